The predicted octanol–water partition coefficient (Wildman–Crippen LogP) is 5.70. The van der Waals surface area contributed by atoms with Crippen LogP contribution in [0.1, 0.15) is 29.8 Å². The smallest absolute Gasteiger partial charge is 0.137 e. The van der Waals surface area contributed by atoms with Crippen LogP contribution in [0.5, 0.6) is 0 Å². The molecule has 0 aliphatic heterocycles. The van der Waals surface area contributed by atoms with Crippen LogP contribution in [-0.2, 0) is 6.42 Å². The van der Waals surface area contributed by atoms with Crippen molar-refractivity contribution in [3.05, 3.63) is 54.8 Å². The Labute approximate surface area is 139 Å². The summed E-state index contributed by atoms with van der Waals surface area (Å²) in [7, 11) is 0. The normalized spacial score (nSPS) is 12.6. The van der Waals surface area contributed by atoms with Gasteiger partial charge in [0.1, 0.15) is 5.82 Å². The Bertz CT molecular complexity index is 571. The lowest BCUT2D eigenvalue weighted by molar-refractivity contribution is 0.523. The van der Waals surface area contributed by atoms with Gasteiger partial charge in [-0.25, -0.2) is 4.39 Å². The van der Waals surface area contributed by atoms with E-state index in [9.17, 15) is 4.39 Å². The molecule has 108 valence electrons. The van der Waals surface area contributed by atoms with Gasteiger partial charge in [0.2, 0.25) is 0 Å². The summed E-state index contributed by atoms with van der Waals surface area (Å²) < 4.78 is 15.4. The lowest BCUT2D eigenvalue weighted by atomic mass is 10.0. The second kappa shape index (κ2) is 7.69. The fourth-order valence-electron chi connectivity index (χ4n) is 2.06. The van der Waals surface area contributed by atoms with Crippen molar-refractivity contribution in [2.75, 3.05) is 6.54 Å². The zero-order valence-electron chi connectivity index (χ0n) is 11.1. The van der Waals surface area contributed by atoms with Crippen LogP contribution in [0.15, 0.2) is 38.6 Å². The number of benzene rings is 1. The van der Waals surface area contributed by atoms with Crippen LogP contribution in [0.25, 0.3) is 0 Å². The molecule has 2 rings (SSSR count). The van der Waals surface area contributed by atoms with Crippen LogP contribution in [0.2, 0.25) is 0 Å². The van der Waals surface area contributed by atoms with Gasteiger partial charge in [-0.05, 0) is 67.9 Å². The first-order valence-corrected chi connectivity index (χ1v) is 8.99. The van der Waals surface area contributed by atoms with Gasteiger partial charge in [-0.15, -0.1) is 11.3 Å². The Hall–Kier alpha value is -0.230. The van der Waals surface area contributed by atoms with Crippen molar-refractivity contribution in [2.24, 2.45) is 0 Å². The first kappa shape index (κ1) is 16.1. The minimum atomic E-state index is -0.212. The van der Waals surface area contributed by atoms with Crippen LogP contribution < -0.4 is 5.32 Å². The Balaban J connectivity index is 2.27. The highest BCUT2D eigenvalue weighted by atomic mass is 79.9. The van der Waals surface area contributed by atoms with Crippen molar-refractivity contribution in [3.63, 3.8) is 0 Å². The van der Waals surface area contributed by atoms with Gasteiger partial charge in [0.05, 0.1) is 4.47 Å². The summed E-state index contributed by atoms with van der Waals surface area (Å²) in [6.45, 7) is 3.04. The molecule has 0 aliphatic carbocycles. The number of nitrogens with one attached hydrogen (secondary N) is 1. The zero-order valence-corrected chi connectivity index (χ0v) is 15.1. The van der Waals surface area contributed by atoms with E-state index in [0.717, 1.165) is 29.4 Å². The van der Waals surface area contributed by atoms with Crippen molar-refractivity contribution in [1.82, 2.24) is 5.32 Å². The standard InChI is InChI=1S/C15H16Br2FNS/c1-2-7-19-13(9-14-11(16)6-8-20-14)10-4-3-5-12(18)15(10)17/h3-6,8,13,19H,2,7,9H2,1H3. The van der Waals surface area contributed by atoms with Gasteiger partial charge < -0.3 is 5.32 Å². The fourth-order valence-corrected chi connectivity index (χ4v) is 4.16. The molecule has 2 aromatic rings. The molecule has 0 fully saturated rings. The molecule has 0 saturated heterocycles. The second-order valence-corrected chi connectivity index (χ2v) is 7.19. The lowest BCUT2D eigenvalue weighted by Crippen LogP contribution is -2.24. The highest BCUT2D eigenvalue weighted by Crippen LogP contribution is 2.32. The van der Waals surface area contributed by atoms with Gasteiger partial charge in [0.25, 0.3) is 0 Å². The molecule has 5 heteroatoms. The predicted molar refractivity (Wildman–Crippen MR) is 90.9 cm³/mol. The van der Waals surface area contributed by atoms with Crippen molar-refractivity contribution in [2.45, 2.75) is 25.8 Å². The number of rotatable bonds is 6. The Morgan fingerprint density at radius 3 is 2.75 bits per heavy atom. The van der Waals surface area contributed by atoms with E-state index in [-0.39, 0.29) is 11.9 Å². The third-order valence-corrected chi connectivity index (χ3v) is 5.86. The quantitative estimate of drug-likeness (QED) is 0.632. The van der Waals surface area contributed by atoms with Crippen LogP contribution >= 0.6 is 43.2 Å². The molecule has 1 atom stereocenters. The van der Waals surface area contributed by atoms with Gasteiger partial charge in [-0.1, -0.05) is 19.1 Å². The second-order valence-electron chi connectivity index (χ2n) is 4.55. The number of thiophene rings is 1. The molecule has 0 bridgehead atoms. The number of hydrogen-bond donors (Lipinski definition) is 1. The molecule has 1 aromatic heterocycles. The maximum Gasteiger partial charge on any atom is 0.137 e. The van der Waals surface area contributed by atoms with E-state index in [2.05, 4.69) is 55.5 Å². The van der Waals surface area contributed by atoms with Gasteiger partial charge >= 0.3 is 0 Å². The molecule has 1 unspecified atom stereocenters. The van der Waals surface area contributed by atoms with Gasteiger partial charge in [0, 0.05) is 21.8 Å². The minimum Gasteiger partial charge on any atom is -0.310 e. The zero-order chi connectivity index (χ0) is 14.5. The van der Waals surface area contributed by atoms with E-state index < -0.39 is 0 Å². The molecular formula is C15H16Br2FNS. The van der Waals surface area contributed by atoms with Crippen LogP contribution in [0.4, 0.5) is 4.39 Å². The summed E-state index contributed by atoms with van der Waals surface area (Å²) in [4.78, 5) is 1.27. The average molecular weight is 421 g/mol. The molecule has 0 amide bonds. The molecule has 1 nitrogen and oxygen atoms in total. The van der Waals surface area contributed by atoms with Gasteiger partial charge in [-0.2, -0.15) is 0 Å². The monoisotopic (exact) mass is 419 g/mol. The number of halogens is 3. The molecule has 0 spiro atoms. The summed E-state index contributed by atoms with van der Waals surface area (Å²) in [5.41, 5.74) is 0.971. The maximum atomic E-state index is 13.7. The molecular weight excluding hydrogens is 405 g/mol. The van der Waals surface area contributed by atoms with Crippen LogP contribution in [-0.4, -0.2) is 6.54 Å². The van der Waals surface area contributed by atoms with E-state index in [4.69, 9.17) is 0 Å². The molecule has 0 aliphatic rings. The average Bonchev–Trinajstić information content (AvgIpc) is 2.83. The van der Waals surface area contributed by atoms with Crippen LogP contribution in [0.3, 0.4) is 0 Å². The molecule has 0 saturated carbocycles. The topological polar surface area (TPSA) is 12.0 Å². The Kier molecular flexibility index (Phi) is 6.20. The lowest BCUT2D eigenvalue weighted by Gasteiger charge is -2.20. The van der Waals surface area contributed by atoms with E-state index >= 15 is 0 Å². The summed E-state index contributed by atoms with van der Waals surface area (Å²) in [5, 5.41) is 5.57. The highest BCUT2D eigenvalue weighted by Gasteiger charge is 2.18. The van der Waals surface area contributed by atoms with E-state index in [0.29, 0.717) is 4.47 Å². The number of hydrogen-bond acceptors (Lipinski definition) is 2. The van der Waals surface area contributed by atoms with E-state index in [1.54, 1.807) is 17.4 Å². The summed E-state index contributed by atoms with van der Waals surface area (Å²) in [6, 6.07) is 7.37. The van der Waals surface area contributed by atoms with E-state index in [1.165, 1.54) is 10.9 Å². The Morgan fingerprint density at radius 1 is 1.30 bits per heavy atom. The molecule has 0 radical (unpaired) electrons. The SMILES string of the molecule is CCCNC(Cc1sccc1Br)c1cccc(F)c1Br. The highest BCUT2D eigenvalue weighted by molar-refractivity contribution is 9.10. The molecule has 20 heavy (non-hydrogen) atoms. The van der Waals surface area contributed by atoms with Crippen molar-refractivity contribution in [1.29, 1.82) is 0 Å². The first-order chi connectivity index (χ1) is 9.63. The molecule has 1 aromatic carbocycles. The summed E-state index contributed by atoms with van der Waals surface area (Å²) in [6.07, 6.45) is 1.90. The van der Waals surface area contributed by atoms with Crippen molar-refractivity contribution in [3.8, 4) is 0 Å². The van der Waals surface area contributed by atoms with Crippen molar-refractivity contribution >= 4 is 43.2 Å². The first-order valence-electron chi connectivity index (χ1n) is 6.52. The summed E-state index contributed by atoms with van der Waals surface area (Å²) in [5.74, 6) is -0.212. The van der Waals surface area contributed by atoms with Crippen LogP contribution in [0, 0.1) is 5.82 Å². The van der Waals surface area contributed by atoms with E-state index in [1.807, 2.05) is 6.07 Å². The maximum absolute atomic E-state index is 13.7. The molecule has 1 N–H and O–H groups in total. The van der Waals surface area contributed by atoms with Gasteiger partial charge in [0.15, 0.2) is 0 Å². The minimum absolute atomic E-state index is 0.106. The molecule has 1 heterocycles. The van der Waals surface area contributed by atoms with Crippen molar-refractivity contribution < 1.29 is 4.39 Å². The largest absolute Gasteiger partial charge is 0.310 e. The van der Waals surface area contributed by atoms with Gasteiger partial charge in [-0.3, -0.25) is 0 Å². The third kappa shape index (κ3) is 3.91. The summed E-state index contributed by atoms with van der Waals surface area (Å²) >= 11 is 8.66. The third-order valence-electron chi connectivity index (χ3n) is 3.08. The fraction of sp³-hybridized carbons (Fsp3) is 0.333. The Morgan fingerprint density at radius 2 is 2.10 bits per heavy atom.